The van der Waals surface area contributed by atoms with Crippen molar-refractivity contribution in [2.75, 3.05) is 52.4 Å². The van der Waals surface area contributed by atoms with E-state index in [1.54, 1.807) is 0 Å². The fourth-order valence-corrected chi connectivity index (χ4v) is 3.75. The monoisotopic (exact) mass is 308 g/mol. The second-order valence-corrected chi connectivity index (χ2v) is 7.92. The van der Waals surface area contributed by atoms with Crippen LogP contribution in [0.1, 0.15) is 27.7 Å². The number of piperazine rings is 1. The van der Waals surface area contributed by atoms with Crippen molar-refractivity contribution >= 4 is 6.03 Å². The van der Waals surface area contributed by atoms with Gasteiger partial charge in [0.15, 0.2) is 0 Å². The van der Waals surface area contributed by atoms with Gasteiger partial charge in [-0.1, -0.05) is 13.8 Å². The predicted molar refractivity (Wildman–Crippen MR) is 88.9 cm³/mol. The fourth-order valence-electron chi connectivity index (χ4n) is 3.75. The van der Waals surface area contributed by atoms with Gasteiger partial charge < -0.3 is 9.80 Å². The van der Waals surface area contributed by atoms with Crippen molar-refractivity contribution in [3.8, 4) is 0 Å². The molecule has 0 N–H and O–H groups in total. The molecule has 0 aliphatic carbocycles. The van der Waals surface area contributed by atoms with E-state index in [1.165, 1.54) is 13.1 Å². The van der Waals surface area contributed by atoms with Gasteiger partial charge in [-0.15, -0.1) is 0 Å². The zero-order chi connectivity index (χ0) is 15.9. The lowest BCUT2D eigenvalue weighted by atomic mass is 9.88. The highest BCUT2D eigenvalue weighted by molar-refractivity contribution is 5.76. The van der Waals surface area contributed by atoms with E-state index >= 15 is 0 Å². The van der Waals surface area contributed by atoms with Gasteiger partial charge in [-0.25, -0.2) is 4.79 Å². The van der Waals surface area contributed by atoms with Crippen LogP contribution in [0.5, 0.6) is 0 Å². The summed E-state index contributed by atoms with van der Waals surface area (Å²) < 4.78 is 0. The topological polar surface area (TPSA) is 30.0 Å². The van der Waals surface area contributed by atoms with Gasteiger partial charge in [0.05, 0.1) is 0 Å². The molecular weight excluding hydrogens is 276 g/mol. The molecule has 5 heteroatoms. The zero-order valence-electron chi connectivity index (χ0n) is 14.7. The summed E-state index contributed by atoms with van der Waals surface area (Å²) in [6, 6.07) is 1.52. The Kier molecular flexibility index (Phi) is 4.64. The van der Waals surface area contributed by atoms with Gasteiger partial charge in [0, 0.05) is 64.4 Å². The molecule has 22 heavy (non-hydrogen) atoms. The van der Waals surface area contributed by atoms with Crippen molar-refractivity contribution in [1.82, 2.24) is 19.6 Å². The third kappa shape index (κ3) is 3.11. The molecule has 126 valence electrons. The predicted octanol–water partition coefficient (Wildman–Crippen LogP) is 1.40. The molecule has 3 aliphatic heterocycles. The maximum atomic E-state index is 12.4. The van der Waals surface area contributed by atoms with Gasteiger partial charge in [-0.3, -0.25) is 9.80 Å². The Bertz CT molecular complexity index is 391. The summed E-state index contributed by atoms with van der Waals surface area (Å²) in [4.78, 5) is 21.6. The van der Waals surface area contributed by atoms with Gasteiger partial charge in [-0.05, 0) is 25.7 Å². The number of hydrogen-bond acceptors (Lipinski definition) is 3. The molecular formula is C17H32N4O. The zero-order valence-corrected chi connectivity index (χ0v) is 14.7. The largest absolute Gasteiger partial charge is 0.324 e. The molecule has 0 saturated carbocycles. The molecule has 0 spiro atoms. The minimum absolute atomic E-state index is 0.272. The highest BCUT2D eigenvalue weighted by Gasteiger charge is 2.41. The van der Waals surface area contributed by atoms with Gasteiger partial charge in [0.2, 0.25) is 0 Å². The summed E-state index contributed by atoms with van der Waals surface area (Å²) in [7, 11) is 0. The van der Waals surface area contributed by atoms with Crippen LogP contribution in [-0.2, 0) is 0 Å². The molecule has 5 nitrogen and oxygen atoms in total. The Morgan fingerprint density at radius 2 is 1.41 bits per heavy atom. The first-order chi connectivity index (χ1) is 10.5. The minimum atomic E-state index is 0.272. The Labute approximate surface area is 135 Å². The normalized spacial score (nSPS) is 25.7. The first-order valence-corrected chi connectivity index (χ1v) is 8.97. The first kappa shape index (κ1) is 16.1. The van der Waals surface area contributed by atoms with E-state index in [2.05, 4.69) is 37.5 Å². The number of carbonyl (C=O) groups is 1. The van der Waals surface area contributed by atoms with Gasteiger partial charge in [0.1, 0.15) is 0 Å². The third-order valence-corrected chi connectivity index (χ3v) is 5.85. The molecule has 0 unspecified atom stereocenters. The molecule has 2 amide bonds. The van der Waals surface area contributed by atoms with E-state index in [1.807, 2.05) is 9.80 Å². The van der Waals surface area contributed by atoms with Crippen molar-refractivity contribution in [3.05, 3.63) is 0 Å². The number of urea groups is 1. The van der Waals surface area contributed by atoms with Gasteiger partial charge >= 0.3 is 6.03 Å². The van der Waals surface area contributed by atoms with Crippen molar-refractivity contribution in [3.63, 3.8) is 0 Å². The molecule has 0 aromatic carbocycles. The first-order valence-electron chi connectivity index (χ1n) is 8.97. The average Bonchev–Trinajstić information content (AvgIpc) is 2.35. The van der Waals surface area contributed by atoms with E-state index in [9.17, 15) is 4.79 Å². The van der Waals surface area contributed by atoms with Crippen LogP contribution in [0, 0.1) is 11.8 Å². The lowest BCUT2D eigenvalue weighted by molar-refractivity contribution is -0.00354. The number of likely N-dealkylation sites (tertiary alicyclic amines) is 2. The fraction of sp³-hybridized carbons (Fsp3) is 0.941. The van der Waals surface area contributed by atoms with E-state index in [0.29, 0.717) is 23.9 Å². The second-order valence-electron chi connectivity index (χ2n) is 7.92. The Balaban J connectivity index is 1.37. The molecule has 3 fully saturated rings. The number of rotatable bonds is 3. The van der Waals surface area contributed by atoms with Crippen LogP contribution in [0.3, 0.4) is 0 Å². The summed E-state index contributed by atoms with van der Waals surface area (Å²) in [5.41, 5.74) is 0. The smallest absolute Gasteiger partial charge is 0.320 e. The maximum absolute atomic E-state index is 12.4. The van der Waals surface area contributed by atoms with E-state index in [-0.39, 0.29) is 6.03 Å². The summed E-state index contributed by atoms with van der Waals surface area (Å²) in [5, 5.41) is 0. The lowest BCUT2D eigenvalue weighted by Crippen LogP contribution is -2.68. The van der Waals surface area contributed by atoms with Crippen LogP contribution in [0.2, 0.25) is 0 Å². The maximum Gasteiger partial charge on any atom is 0.320 e. The van der Waals surface area contributed by atoms with Crippen LogP contribution >= 0.6 is 0 Å². The molecule has 3 saturated heterocycles. The molecule has 0 radical (unpaired) electrons. The van der Waals surface area contributed by atoms with Crippen molar-refractivity contribution in [2.24, 2.45) is 11.8 Å². The molecule has 3 rings (SSSR count). The van der Waals surface area contributed by atoms with Crippen LogP contribution < -0.4 is 0 Å². The van der Waals surface area contributed by atoms with E-state index < -0.39 is 0 Å². The molecule has 3 aliphatic rings. The van der Waals surface area contributed by atoms with Gasteiger partial charge in [-0.2, -0.15) is 0 Å². The van der Waals surface area contributed by atoms with Crippen molar-refractivity contribution < 1.29 is 4.79 Å². The Morgan fingerprint density at radius 3 is 1.91 bits per heavy atom. The number of carbonyl (C=O) groups excluding carboxylic acids is 1. The Hall–Kier alpha value is -0.810. The molecule has 0 atom stereocenters. The quantitative estimate of drug-likeness (QED) is 0.789. The number of amides is 2. The minimum Gasteiger partial charge on any atom is -0.324 e. The number of nitrogens with zero attached hydrogens (tertiary/aromatic N) is 4. The highest BCUT2D eigenvalue weighted by Crippen LogP contribution is 2.27. The standard InChI is InChI=1S/C17H32N4O/c1-13(2)15-9-20(10-15)17(22)21-11-16(12-21)19-7-5-18(6-8-19)14(3)4/h13-16H,5-12H2,1-4H3. The number of hydrogen-bond donors (Lipinski definition) is 0. The van der Waals surface area contributed by atoms with Crippen molar-refractivity contribution in [1.29, 1.82) is 0 Å². The summed E-state index contributed by atoms with van der Waals surface area (Å²) >= 11 is 0. The van der Waals surface area contributed by atoms with Crippen molar-refractivity contribution in [2.45, 2.75) is 39.8 Å². The SMILES string of the molecule is CC(C)C1CN(C(=O)N2CC(N3CCN(C(C)C)CC3)C2)C1. The summed E-state index contributed by atoms with van der Waals surface area (Å²) in [6.45, 7) is 17.5. The van der Waals surface area contributed by atoms with E-state index in [0.717, 1.165) is 39.3 Å². The third-order valence-electron chi connectivity index (χ3n) is 5.85. The lowest BCUT2D eigenvalue weighted by Gasteiger charge is -2.51. The van der Waals surface area contributed by atoms with Crippen LogP contribution in [0.4, 0.5) is 4.79 Å². The second kappa shape index (κ2) is 6.36. The van der Waals surface area contributed by atoms with Crippen LogP contribution in [0.25, 0.3) is 0 Å². The molecule has 0 aromatic heterocycles. The molecule has 3 heterocycles. The Morgan fingerprint density at radius 1 is 0.864 bits per heavy atom. The molecule has 0 aromatic rings. The average molecular weight is 308 g/mol. The highest BCUT2D eigenvalue weighted by atomic mass is 16.2. The summed E-state index contributed by atoms with van der Waals surface area (Å²) in [6.07, 6.45) is 0. The van der Waals surface area contributed by atoms with Crippen LogP contribution in [0.15, 0.2) is 0 Å². The summed E-state index contributed by atoms with van der Waals surface area (Å²) in [5.74, 6) is 1.41. The van der Waals surface area contributed by atoms with Crippen LogP contribution in [-0.4, -0.2) is 90.1 Å². The van der Waals surface area contributed by atoms with E-state index in [4.69, 9.17) is 0 Å². The van der Waals surface area contributed by atoms with Gasteiger partial charge in [0.25, 0.3) is 0 Å². The molecule has 0 bridgehead atoms.